The number of methoxy groups -OCH3 is 1. The molecule has 0 amide bonds. The Labute approximate surface area is 180 Å². The average molecular weight is 422 g/mol. The smallest absolute Gasteiger partial charge is 0.243 e. The topological polar surface area (TPSA) is 55.8 Å². The molecule has 1 saturated heterocycles. The first-order valence-corrected chi connectivity index (χ1v) is 11.2. The molecule has 1 aliphatic carbocycles. The number of fused-ring (bicyclic) bond motifs is 2. The fraction of sp³-hybridized carbons (Fsp3) is 0.333. The third-order valence-electron chi connectivity index (χ3n) is 6.14. The highest BCUT2D eigenvalue weighted by Crippen LogP contribution is 2.47. The summed E-state index contributed by atoms with van der Waals surface area (Å²) in [5.41, 5.74) is 2.15. The molecule has 2 aliphatic heterocycles. The lowest BCUT2D eigenvalue weighted by Crippen LogP contribution is -2.49. The predicted octanol–water partition coefficient (Wildman–Crippen LogP) is 3.93. The molecule has 0 N–H and O–H groups in total. The van der Waals surface area contributed by atoms with E-state index in [1.54, 1.807) is 19.2 Å². The molecule has 6 heteroatoms. The van der Waals surface area contributed by atoms with Gasteiger partial charge >= 0.3 is 0 Å². The number of hydrogen-bond donors (Lipinski definition) is 0. The summed E-state index contributed by atoms with van der Waals surface area (Å²) in [5, 5.41) is 0. The molecule has 5 nitrogen and oxygen atoms in total. The lowest BCUT2D eigenvalue weighted by molar-refractivity contribution is -0.111. The molecule has 3 aliphatic rings. The molecular weight excluding hydrogens is 398 g/mol. The van der Waals surface area contributed by atoms with Gasteiger partial charge in [-0.25, -0.2) is 0 Å². The molecule has 2 aromatic rings. The van der Waals surface area contributed by atoms with E-state index in [0.29, 0.717) is 22.0 Å². The van der Waals surface area contributed by atoms with Crippen molar-refractivity contribution in [3.8, 4) is 5.75 Å². The molecule has 1 fully saturated rings. The summed E-state index contributed by atoms with van der Waals surface area (Å²) >= 11 is 1.49. The van der Waals surface area contributed by atoms with E-state index < -0.39 is 11.6 Å². The maximum Gasteiger partial charge on any atom is 0.243 e. The van der Waals surface area contributed by atoms with Crippen LogP contribution in [-0.2, 0) is 16.1 Å². The fourth-order valence-corrected chi connectivity index (χ4v) is 5.67. The summed E-state index contributed by atoms with van der Waals surface area (Å²) in [7, 11) is 1.69. The Morgan fingerprint density at radius 1 is 1.03 bits per heavy atom. The molecule has 0 saturated carbocycles. The second-order valence-corrected chi connectivity index (χ2v) is 9.05. The highest BCUT2D eigenvalue weighted by molar-refractivity contribution is 8.04. The molecule has 154 valence electrons. The van der Waals surface area contributed by atoms with Crippen molar-refractivity contribution in [3.05, 3.63) is 70.1 Å². The second-order valence-electron chi connectivity index (χ2n) is 8.06. The monoisotopic (exact) mass is 421 g/mol. The number of allylic oxidation sites excluding steroid dienone is 1. The lowest BCUT2D eigenvalue weighted by Gasteiger charge is -2.45. The van der Waals surface area contributed by atoms with Crippen LogP contribution in [0.4, 0.5) is 0 Å². The molecule has 5 rings (SSSR count). The molecule has 30 heavy (non-hydrogen) atoms. The van der Waals surface area contributed by atoms with Crippen LogP contribution in [0.3, 0.4) is 0 Å². The SMILES string of the molecule is COc1cccc(CN2CCC3(CC2)CSC2=C(O3)c3ccccc3C(=O)C2=O)c1. The van der Waals surface area contributed by atoms with Crippen molar-refractivity contribution in [2.24, 2.45) is 0 Å². The third-order valence-corrected chi connectivity index (χ3v) is 7.47. The zero-order chi connectivity index (χ0) is 20.7. The average Bonchev–Trinajstić information content (AvgIpc) is 2.79. The number of Topliss-reactive ketones (excluding diaryl/α,β-unsaturated/α-hetero) is 2. The number of rotatable bonds is 3. The van der Waals surface area contributed by atoms with Gasteiger partial charge in [0.05, 0.1) is 7.11 Å². The minimum absolute atomic E-state index is 0.290. The number of benzene rings is 2. The number of carbonyl (C=O) groups excluding carboxylic acids is 2. The van der Waals surface area contributed by atoms with Crippen LogP contribution in [0.15, 0.2) is 53.4 Å². The van der Waals surface area contributed by atoms with Gasteiger partial charge < -0.3 is 9.47 Å². The standard InChI is InChI=1S/C24H23NO4S/c1-28-17-6-4-5-16(13-17)14-25-11-9-24(10-12-25)15-30-23-21(27)20(26)18-7-2-3-8-19(18)22(23)29-24/h2-8,13H,9-12,14-15H2,1H3. The van der Waals surface area contributed by atoms with Gasteiger partial charge in [-0.2, -0.15) is 0 Å². The lowest BCUT2D eigenvalue weighted by atomic mass is 9.90. The molecule has 0 unspecified atom stereocenters. The van der Waals surface area contributed by atoms with Crippen LogP contribution in [0.1, 0.15) is 34.3 Å². The summed E-state index contributed by atoms with van der Waals surface area (Å²) in [5.74, 6) is 1.33. The van der Waals surface area contributed by atoms with E-state index in [1.807, 2.05) is 24.3 Å². The minimum Gasteiger partial charge on any atom is -0.497 e. The van der Waals surface area contributed by atoms with E-state index in [1.165, 1.54) is 17.3 Å². The largest absolute Gasteiger partial charge is 0.497 e. The van der Waals surface area contributed by atoms with Gasteiger partial charge in [0.25, 0.3) is 0 Å². The van der Waals surface area contributed by atoms with Crippen molar-refractivity contribution in [1.29, 1.82) is 0 Å². The number of thioether (sulfide) groups is 1. The number of hydrogen-bond acceptors (Lipinski definition) is 6. The van der Waals surface area contributed by atoms with Crippen molar-refractivity contribution in [2.75, 3.05) is 26.0 Å². The van der Waals surface area contributed by atoms with Gasteiger partial charge in [0, 0.05) is 49.4 Å². The molecule has 0 aromatic heterocycles. The van der Waals surface area contributed by atoms with E-state index in [0.717, 1.165) is 43.8 Å². The maximum atomic E-state index is 12.6. The summed E-state index contributed by atoms with van der Waals surface area (Å²) in [6.45, 7) is 2.73. The van der Waals surface area contributed by atoms with Crippen molar-refractivity contribution >= 4 is 29.1 Å². The van der Waals surface area contributed by atoms with Crippen molar-refractivity contribution in [2.45, 2.75) is 25.0 Å². The Kier molecular flexibility index (Phi) is 4.91. The van der Waals surface area contributed by atoms with Crippen LogP contribution in [0.25, 0.3) is 5.76 Å². The quantitative estimate of drug-likeness (QED) is 0.700. The molecule has 0 radical (unpaired) electrons. The molecule has 0 bridgehead atoms. The highest BCUT2D eigenvalue weighted by Gasteiger charge is 2.45. The number of ketones is 2. The minimum atomic E-state index is -0.431. The Balaban J connectivity index is 1.32. The van der Waals surface area contributed by atoms with Crippen molar-refractivity contribution < 1.29 is 19.1 Å². The van der Waals surface area contributed by atoms with Crippen LogP contribution >= 0.6 is 11.8 Å². The van der Waals surface area contributed by atoms with Crippen molar-refractivity contribution in [3.63, 3.8) is 0 Å². The summed E-state index contributed by atoms with van der Waals surface area (Å²) in [6.07, 6.45) is 1.79. The molecular formula is C24H23NO4S. The van der Waals surface area contributed by atoms with Gasteiger partial charge in [-0.15, -0.1) is 11.8 Å². The Bertz CT molecular complexity index is 1050. The Hall–Kier alpha value is -2.57. The van der Waals surface area contributed by atoms with Crippen LogP contribution in [-0.4, -0.2) is 48.0 Å². The van der Waals surface area contributed by atoms with E-state index in [9.17, 15) is 9.59 Å². The Morgan fingerprint density at radius 2 is 1.80 bits per heavy atom. The molecule has 2 aromatic carbocycles. The number of nitrogens with zero attached hydrogens (tertiary/aromatic N) is 1. The number of piperidine rings is 1. The molecule has 0 atom stereocenters. The van der Waals surface area contributed by atoms with Gasteiger partial charge in [0.15, 0.2) is 0 Å². The van der Waals surface area contributed by atoms with Crippen LogP contribution in [0.5, 0.6) is 5.75 Å². The van der Waals surface area contributed by atoms with E-state index in [2.05, 4.69) is 17.0 Å². The zero-order valence-corrected chi connectivity index (χ0v) is 17.7. The first-order valence-electron chi connectivity index (χ1n) is 10.2. The highest BCUT2D eigenvalue weighted by atomic mass is 32.2. The van der Waals surface area contributed by atoms with Crippen molar-refractivity contribution in [1.82, 2.24) is 4.90 Å². The van der Waals surface area contributed by atoms with Gasteiger partial charge in [-0.05, 0) is 17.7 Å². The van der Waals surface area contributed by atoms with E-state index >= 15 is 0 Å². The number of carbonyl (C=O) groups is 2. The number of likely N-dealkylation sites (tertiary alicyclic amines) is 1. The van der Waals surface area contributed by atoms with Gasteiger partial charge in [0.1, 0.15) is 22.0 Å². The van der Waals surface area contributed by atoms with Crippen LogP contribution in [0.2, 0.25) is 0 Å². The van der Waals surface area contributed by atoms with E-state index in [4.69, 9.17) is 9.47 Å². The summed E-state index contributed by atoms with van der Waals surface area (Å²) < 4.78 is 11.9. The summed E-state index contributed by atoms with van der Waals surface area (Å²) in [6, 6.07) is 15.5. The Morgan fingerprint density at radius 3 is 2.57 bits per heavy atom. The first-order chi connectivity index (χ1) is 14.6. The number of ether oxygens (including phenoxy) is 2. The van der Waals surface area contributed by atoms with Crippen LogP contribution in [0, 0.1) is 0 Å². The second kappa shape index (κ2) is 7.60. The maximum absolute atomic E-state index is 12.6. The fourth-order valence-electron chi connectivity index (χ4n) is 4.41. The third kappa shape index (κ3) is 3.34. The first kappa shape index (κ1) is 19.4. The van der Waals surface area contributed by atoms with Gasteiger partial charge in [-0.3, -0.25) is 14.5 Å². The summed E-state index contributed by atoms with van der Waals surface area (Å²) in [4.78, 5) is 27.9. The zero-order valence-electron chi connectivity index (χ0n) is 16.8. The normalized spacial score (nSPS) is 20.6. The van der Waals surface area contributed by atoms with E-state index in [-0.39, 0.29) is 5.60 Å². The van der Waals surface area contributed by atoms with Gasteiger partial charge in [0.2, 0.25) is 11.6 Å². The molecule has 1 spiro atoms. The van der Waals surface area contributed by atoms with Gasteiger partial charge in [-0.1, -0.05) is 36.4 Å². The predicted molar refractivity (Wildman–Crippen MR) is 116 cm³/mol. The van der Waals surface area contributed by atoms with Crippen LogP contribution < -0.4 is 4.74 Å². The molecule has 2 heterocycles.